The minimum atomic E-state index is 0.144. The van der Waals surface area contributed by atoms with Gasteiger partial charge in [-0.25, -0.2) is 4.98 Å². The van der Waals surface area contributed by atoms with Crippen molar-refractivity contribution in [2.24, 2.45) is 0 Å². The summed E-state index contributed by atoms with van der Waals surface area (Å²) in [7, 11) is 0. The van der Waals surface area contributed by atoms with Crippen LogP contribution in [0.3, 0.4) is 0 Å². The average Bonchev–Trinajstić information content (AvgIpc) is 2.72. The summed E-state index contributed by atoms with van der Waals surface area (Å²) in [6.07, 6.45) is 0. The number of thioether (sulfide) groups is 1. The molecule has 1 aliphatic rings. The van der Waals surface area contributed by atoms with Crippen molar-refractivity contribution in [3.05, 3.63) is 16.1 Å². The zero-order valence-electron chi connectivity index (χ0n) is 7.32. The Balaban J connectivity index is 2.17. The first kappa shape index (κ1) is 9.02. The summed E-state index contributed by atoms with van der Waals surface area (Å²) in [6, 6.07) is 0. The molecule has 2 heterocycles. The van der Waals surface area contributed by atoms with E-state index in [1.54, 1.807) is 17.3 Å². The number of amides is 1. The van der Waals surface area contributed by atoms with Crippen molar-refractivity contribution in [1.29, 1.82) is 0 Å². The van der Waals surface area contributed by atoms with Gasteiger partial charge >= 0.3 is 0 Å². The molecule has 0 radical (unpaired) electrons. The van der Waals surface area contributed by atoms with Crippen LogP contribution >= 0.6 is 23.1 Å². The van der Waals surface area contributed by atoms with Crippen molar-refractivity contribution in [3.8, 4) is 0 Å². The van der Waals surface area contributed by atoms with Crippen LogP contribution in [0.5, 0.6) is 0 Å². The summed E-state index contributed by atoms with van der Waals surface area (Å²) in [6.45, 7) is 2.76. The Morgan fingerprint density at radius 3 is 3.08 bits per heavy atom. The molecule has 0 N–H and O–H groups in total. The lowest BCUT2D eigenvalue weighted by Gasteiger charge is -2.12. The predicted octanol–water partition coefficient (Wildman–Crippen LogP) is 1.60. The number of carbonyl (C=O) groups excluding carboxylic acids is 1. The van der Waals surface area contributed by atoms with Crippen LogP contribution in [0.15, 0.2) is 5.51 Å². The van der Waals surface area contributed by atoms with Crippen molar-refractivity contribution in [1.82, 2.24) is 9.88 Å². The monoisotopic (exact) mass is 214 g/mol. The first-order chi connectivity index (χ1) is 6.29. The first-order valence-corrected chi connectivity index (χ1v) is 6.09. The zero-order chi connectivity index (χ0) is 9.26. The Labute approximate surface area is 85.2 Å². The summed E-state index contributed by atoms with van der Waals surface area (Å²) in [5.74, 6) is 2.03. The quantitative estimate of drug-likeness (QED) is 0.712. The highest BCUT2D eigenvalue weighted by molar-refractivity contribution is 7.99. The van der Waals surface area contributed by atoms with Gasteiger partial charge in [0, 0.05) is 12.3 Å². The number of nitrogens with zero attached hydrogens (tertiary/aromatic N) is 2. The average molecular weight is 214 g/mol. The third kappa shape index (κ3) is 1.71. The Kier molecular flexibility index (Phi) is 2.55. The lowest BCUT2D eigenvalue weighted by atomic mass is 10.3. The molecular weight excluding hydrogens is 204 g/mol. The fourth-order valence-electron chi connectivity index (χ4n) is 1.22. The lowest BCUT2D eigenvalue weighted by molar-refractivity contribution is 0.0806. The summed E-state index contributed by atoms with van der Waals surface area (Å²) in [4.78, 5) is 18.6. The first-order valence-electron chi connectivity index (χ1n) is 4.06. The van der Waals surface area contributed by atoms with Crippen LogP contribution in [0.2, 0.25) is 0 Å². The maximum Gasteiger partial charge on any atom is 0.266 e. The zero-order valence-corrected chi connectivity index (χ0v) is 8.95. The van der Waals surface area contributed by atoms with Crippen LogP contribution in [0.4, 0.5) is 0 Å². The third-order valence-electron chi connectivity index (χ3n) is 1.98. The molecule has 13 heavy (non-hydrogen) atoms. The predicted molar refractivity (Wildman–Crippen MR) is 55.2 cm³/mol. The van der Waals surface area contributed by atoms with E-state index in [9.17, 15) is 4.79 Å². The minimum Gasteiger partial charge on any atom is -0.328 e. The molecule has 0 aromatic carbocycles. The van der Waals surface area contributed by atoms with Crippen molar-refractivity contribution in [2.45, 2.75) is 6.92 Å². The molecule has 3 nitrogen and oxygen atoms in total. The molecule has 70 valence electrons. The molecule has 2 rings (SSSR count). The summed E-state index contributed by atoms with van der Waals surface area (Å²) < 4.78 is 0. The number of aryl methyl sites for hydroxylation is 1. The Morgan fingerprint density at radius 1 is 1.69 bits per heavy atom. The molecule has 1 aromatic heterocycles. The fraction of sp³-hybridized carbons (Fsp3) is 0.500. The van der Waals surface area contributed by atoms with Gasteiger partial charge in [-0.15, -0.1) is 23.1 Å². The van der Waals surface area contributed by atoms with Gasteiger partial charge < -0.3 is 4.90 Å². The second-order valence-corrected chi connectivity index (χ2v) is 4.80. The highest BCUT2D eigenvalue weighted by Gasteiger charge is 2.22. The standard InChI is InChI=1S/C8H10N2OS2/c1-6-7(13-4-9-6)8(11)10-2-3-12-5-10/h4H,2-3,5H2,1H3. The van der Waals surface area contributed by atoms with E-state index in [-0.39, 0.29) is 5.91 Å². The SMILES string of the molecule is Cc1ncsc1C(=O)N1CCSC1. The minimum absolute atomic E-state index is 0.144. The van der Waals surface area contributed by atoms with Crippen molar-refractivity contribution in [3.63, 3.8) is 0 Å². The van der Waals surface area contributed by atoms with Gasteiger partial charge in [0.15, 0.2) is 0 Å². The molecule has 0 atom stereocenters. The molecule has 1 aliphatic heterocycles. The number of hydrogen-bond donors (Lipinski definition) is 0. The molecule has 0 saturated carbocycles. The number of rotatable bonds is 1. The smallest absolute Gasteiger partial charge is 0.266 e. The maximum absolute atomic E-state index is 11.8. The maximum atomic E-state index is 11.8. The molecule has 0 spiro atoms. The Morgan fingerprint density at radius 2 is 2.54 bits per heavy atom. The van der Waals surface area contributed by atoms with E-state index >= 15 is 0 Å². The number of thiazole rings is 1. The summed E-state index contributed by atoms with van der Waals surface area (Å²) >= 11 is 3.24. The second kappa shape index (κ2) is 3.67. The Bertz CT molecular complexity index is 318. The molecule has 1 fully saturated rings. The van der Waals surface area contributed by atoms with Crippen LogP contribution in [-0.2, 0) is 0 Å². The van der Waals surface area contributed by atoms with Gasteiger partial charge in [0.1, 0.15) is 4.88 Å². The molecule has 1 saturated heterocycles. The van der Waals surface area contributed by atoms with Gasteiger partial charge in [-0.05, 0) is 6.92 Å². The van der Waals surface area contributed by atoms with Gasteiger partial charge in [-0.1, -0.05) is 0 Å². The van der Waals surface area contributed by atoms with Crippen LogP contribution in [-0.4, -0.2) is 34.0 Å². The summed E-state index contributed by atoms with van der Waals surface area (Å²) in [5, 5.41) is 0. The number of aromatic nitrogens is 1. The molecule has 0 aliphatic carbocycles. The lowest BCUT2D eigenvalue weighted by Crippen LogP contribution is -2.27. The van der Waals surface area contributed by atoms with Crippen LogP contribution < -0.4 is 0 Å². The van der Waals surface area contributed by atoms with Crippen LogP contribution in [0, 0.1) is 6.92 Å². The molecule has 1 aromatic rings. The Hall–Kier alpha value is -0.550. The van der Waals surface area contributed by atoms with E-state index in [1.165, 1.54) is 11.3 Å². The van der Waals surface area contributed by atoms with E-state index in [1.807, 2.05) is 11.8 Å². The van der Waals surface area contributed by atoms with Gasteiger partial charge in [-0.3, -0.25) is 4.79 Å². The van der Waals surface area contributed by atoms with Gasteiger partial charge in [0.05, 0.1) is 17.1 Å². The third-order valence-corrected chi connectivity index (χ3v) is 3.86. The molecule has 0 unspecified atom stereocenters. The van der Waals surface area contributed by atoms with Crippen molar-refractivity contribution >= 4 is 29.0 Å². The van der Waals surface area contributed by atoms with Crippen LogP contribution in [0.25, 0.3) is 0 Å². The van der Waals surface area contributed by atoms with E-state index in [4.69, 9.17) is 0 Å². The topological polar surface area (TPSA) is 33.2 Å². The number of hydrogen-bond acceptors (Lipinski definition) is 4. The highest BCUT2D eigenvalue weighted by atomic mass is 32.2. The van der Waals surface area contributed by atoms with Gasteiger partial charge in [0.2, 0.25) is 0 Å². The molecular formula is C8H10N2OS2. The van der Waals surface area contributed by atoms with Gasteiger partial charge in [-0.2, -0.15) is 0 Å². The number of carbonyl (C=O) groups is 1. The van der Waals surface area contributed by atoms with Crippen LogP contribution in [0.1, 0.15) is 15.4 Å². The van der Waals surface area contributed by atoms with E-state index in [0.717, 1.165) is 28.7 Å². The van der Waals surface area contributed by atoms with Crippen molar-refractivity contribution in [2.75, 3.05) is 18.2 Å². The largest absolute Gasteiger partial charge is 0.328 e. The van der Waals surface area contributed by atoms with Crippen molar-refractivity contribution < 1.29 is 4.79 Å². The fourth-order valence-corrected chi connectivity index (χ4v) is 2.94. The van der Waals surface area contributed by atoms with E-state index in [2.05, 4.69) is 4.98 Å². The second-order valence-electron chi connectivity index (χ2n) is 2.87. The van der Waals surface area contributed by atoms with Gasteiger partial charge in [0.25, 0.3) is 5.91 Å². The summed E-state index contributed by atoms with van der Waals surface area (Å²) in [5.41, 5.74) is 2.58. The molecule has 5 heteroatoms. The van der Waals surface area contributed by atoms with E-state index < -0.39 is 0 Å². The highest BCUT2D eigenvalue weighted by Crippen LogP contribution is 2.20. The van der Waals surface area contributed by atoms with E-state index in [0.29, 0.717) is 0 Å². The molecule has 1 amide bonds. The molecule has 0 bridgehead atoms. The normalized spacial score (nSPS) is 16.5.